The number of nitrogens with zero attached hydrogens (tertiary/aromatic N) is 2. The van der Waals surface area contributed by atoms with Crippen molar-refractivity contribution in [3.05, 3.63) is 76.5 Å². The summed E-state index contributed by atoms with van der Waals surface area (Å²) in [6, 6.07) is 14.4. The third kappa shape index (κ3) is 4.94. The summed E-state index contributed by atoms with van der Waals surface area (Å²) in [4.78, 5) is 20.6. The molecule has 0 aliphatic heterocycles. The number of rotatable bonds is 5. The van der Waals surface area contributed by atoms with E-state index in [9.17, 15) is 4.79 Å². The molecule has 0 spiro atoms. The van der Waals surface area contributed by atoms with Crippen molar-refractivity contribution in [2.45, 2.75) is 6.42 Å². The van der Waals surface area contributed by atoms with E-state index in [4.69, 9.17) is 23.2 Å². The fourth-order valence-corrected chi connectivity index (χ4v) is 2.59. The molecule has 0 aliphatic rings. The van der Waals surface area contributed by atoms with Crippen LogP contribution in [0.1, 0.15) is 5.56 Å². The van der Waals surface area contributed by atoms with E-state index in [1.807, 2.05) is 30.3 Å². The zero-order valence-corrected chi connectivity index (χ0v) is 15.3. The highest BCUT2D eigenvalue weighted by Gasteiger charge is 2.05. The van der Waals surface area contributed by atoms with Gasteiger partial charge in [0.2, 0.25) is 0 Å². The van der Waals surface area contributed by atoms with Crippen LogP contribution in [0.3, 0.4) is 0 Å². The third-order valence-electron chi connectivity index (χ3n) is 3.61. The van der Waals surface area contributed by atoms with E-state index in [1.54, 1.807) is 30.6 Å². The molecule has 3 rings (SSSR count). The Kier molecular flexibility index (Phi) is 6.04. The summed E-state index contributed by atoms with van der Waals surface area (Å²) in [5, 5.41) is 6.31. The summed E-state index contributed by atoms with van der Waals surface area (Å²) >= 11 is 11.8. The quantitative estimate of drug-likeness (QED) is 0.660. The molecule has 0 saturated carbocycles. The molecule has 26 heavy (non-hydrogen) atoms. The molecule has 0 bridgehead atoms. The van der Waals surface area contributed by atoms with Crippen LogP contribution >= 0.6 is 23.2 Å². The van der Waals surface area contributed by atoms with Gasteiger partial charge in [0, 0.05) is 30.2 Å². The van der Waals surface area contributed by atoms with Crippen molar-refractivity contribution in [3.8, 4) is 11.4 Å². The first-order valence-corrected chi connectivity index (χ1v) is 8.73. The normalized spacial score (nSPS) is 10.4. The SMILES string of the molecule is O=C(NCCc1cnc(-c2ccccc2)nc1)Nc1ccc(Cl)c(Cl)c1. The van der Waals surface area contributed by atoms with E-state index in [2.05, 4.69) is 20.6 Å². The third-order valence-corrected chi connectivity index (χ3v) is 4.35. The maximum atomic E-state index is 11.9. The van der Waals surface area contributed by atoms with Crippen LogP contribution in [0.15, 0.2) is 60.9 Å². The summed E-state index contributed by atoms with van der Waals surface area (Å²) in [6.07, 6.45) is 4.17. The lowest BCUT2D eigenvalue weighted by Gasteiger charge is -2.08. The maximum absolute atomic E-state index is 11.9. The summed E-state index contributed by atoms with van der Waals surface area (Å²) in [5.74, 6) is 0.680. The highest BCUT2D eigenvalue weighted by molar-refractivity contribution is 6.42. The van der Waals surface area contributed by atoms with E-state index >= 15 is 0 Å². The maximum Gasteiger partial charge on any atom is 0.319 e. The Morgan fingerprint density at radius 3 is 2.38 bits per heavy atom. The molecule has 1 aromatic heterocycles. The summed E-state index contributed by atoms with van der Waals surface area (Å²) in [7, 11) is 0. The number of carbonyl (C=O) groups is 1. The standard InChI is InChI=1S/C19H16Cl2N4O/c20-16-7-6-15(10-17(16)21)25-19(26)22-9-8-13-11-23-18(24-12-13)14-4-2-1-3-5-14/h1-7,10-12H,8-9H2,(H2,22,25,26). The average Bonchev–Trinajstić information content (AvgIpc) is 2.66. The second-order valence-electron chi connectivity index (χ2n) is 5.54. The van der Waals surface area contributed by atoms with Crippen LogP contribution in [0.25, 0.3) is 11.4 Å². The van der Waals surface area contributed by atoms with E-state index in [-0.39, 0.29) is 6.03 Å². The van der Waals surface area contributed by atoms with Gasteiger partial charge >= 0.3 is 6.03 Å². The summed E-state index contributed by atoms with van der Waals surface area (Å²) in [6.45, 7) is 0.460. The molecular weight excluding hydrogens is 371 g/mol. The van der Waals surface area contributed by atoms with Gasteiger partial charge in [0.15, 0.2) is 5.82 Å². The molecule has 2 N–H and O–H groups in total. The van der Waals surface area contributed by atoms with Gasteiger partial charge in [0.25, 0.3) is 0 Å². The zero-order chi connectivity index (χ0) is 18.4. The minimum atomic E-state index is -0.315. The molecule has 0 unspecified atom stereocenters. The van der Waals surface area contributed by atoms with Gasteiger partial charge in [0.05, 0.1) is 10.0 Å². The van der Waals surface area contributed by atoms with Gasteiger partial charge < -0.3 is 10.6 Å². The van der Waals surface area contributed by atoms with Gasteiger partial charge in [-0.25, -0.2) is 14.8 Å². The second kappa shape index (κ2) is 8.65. The predicted octanol–water partition coefficient (Wildman–Crippen LogP) is 4.81. The average molecular weight is 387 g/mol. The van der Waals surface area contributed by atoms with Crippen molar-refractivity contribution in [2.75, 3.05) is 11.9 Å². The zero-order valence-electron chi connectivity index (χ0n) is 13.7. The van der Waals surface area contributed by atoms with Gasteiger partial charge in [0.1, 0.15) is 0 Å². The van der Waals surface area contributed by atoms with Crippen molar-refractivity contribution in [1.29, 1.82) is 0 Å². The molecule has 5 nitrogen and oxygen atoms in total. The lowest BCUT2D eigenvalue weighted by atomic mass is 10.2. The molecular formula is C19H16Cl2N4O. The van der Waals surface area contributed by atoms with Crippen LogP contribution in [0.4, 0.5) is 10.5 Å². The van der Waals surface area contributed by atoms with Crippen LogP contribution in [0.5, 0.6) is 0 Å². The minimum Gasteiger partial charge on any atom is -0.338 e. The van der Waals surface area contributed by atoms with Crippen molar-refractivity contribution in [3.63, 3.8) is 0 Å². The number of aromatic nitrogens is 2. The van der Waals surface area contributed by atoms with Gasteiger partial charge in [-0.2, -0.15) is 0 Å². The fraction of sp³-hybridized carbons (Fsp3) is 0.105. The van der Waals surface area contributed by atoms with Crippen molar-refractivity contribution in [1.82, 2.24) is 15.3 Å². The van der Waals surface area contributed by atoms with E-state index in [0.717, 1.165) is 11.1 Å². The Bertz CT molecular complexity index is 886. The molecule has 2 aromatic carbocycles. The highest BCUT2D eigenvalue weighted by Crippen LogP contribution is 2.24. The van der Waals surface area contributed by atoms with Gasteiger partial charge in [-0.3, -0.25) is 0 Å². The number of urea groups is 1. The number of benzene rings is 2. The minimum absolute atomic E-state index is 0.315. The van der Waals surface area contributed by atoms with Gasteiger partial charge in [-0.1, -0.05) is 53.5 Å². The molecule has 0 fully saturated rings. The highest BCUT2D eigenvalue weighted by atomic mass is 35.5. The molecule has 7 heteroatoms. The first-order chi connectivity index (χ1) is 12.6. The number of amides is 2. The first-order valence-electron chi connectivity index (χ1n) is 7.98. The topological polar surface area (TPSA) is 66.9 Å². The van der Waals surface area contributed by atoms with E-state index < -0.39 is 0 Å². The molecule has 0 atom stereocenters. The molecule has 0 aliphatic carbocycles. The molecule has 1 heterocycles. The number of anilines is 1. The lowest BCUT2D eigenvalue weighted by molar-refractivity contribution is 0.252. The number of nitrogens with one attached hydrogen (secondary N) is 2. The van der Waals surface area contributed by atoms with Crippen molar-refractivity contribution < 1.29 is 4.79 Å². The Labute approximate surface area is 161 Å². The van der Waals surface area contributed by atoms with Crippen molar-refractivity contribution >= 4 is 34.9 Å². The Morgan fingerprint density at radius 1 is 0.962 bits per heavy atom. The molecule has 0 saturated heterocycles. The molecule has 2 amide bonds. The van der Waals surface area contributed by atoms with E-state index in [1.165, 1.54) is 0 Å². The molecule has 132 valence electrons. The van der Waals surface area contributed by atoms with Crippen LogP contribution in [0, 0.1) is 0 Å². The van der Waals surface area contributed by atoms with Gasteiger partial charge in [-0.05, 0) is 30.2 Å². The second-order valence-corrected chi connectivity index (χ2v) is 6.36. The number of hydrogen-bond acceptors (Lipinski definition) is 3. The predicted molar refractivity (Wildman–Crippen MR) is 105 cm³/mol. The fourth-order valence-electron chi connectivity index (χ4n) is 2.29. The van der Waals surface area contributed by atoms with Gasteiger partial charge in [-0.15, -0.1) is 0 Å². The smallest absolute Gasteiger partial charge is 0.319 e. The van der Waals surface area contributed by atoms with Crippen LogP contribution in [-0.2, 0) is 6.42 Å². The number of hydrogen-bond donors (Lipinski definition) is 2. The Hall–Kier alpha value is -2.63. The molecule has 3 aromatic rings. The van der Waals surface area contributed by atoms with Crippen LogP contribution in [-0.4, -0.2) is 22.5 Å². The summed E-state index contributed by atoms with van der Waals surface area (Å²) in [5.41, 5.74) is 2.49. The first kappa shape index (κ1) is 18.2. The largest absolute Gasteiger partial charge is 0.338 e. The number of halogens is 2. The molecule has 0 radical (unpaired) electrons. The van der Waals surface area contributed by atoms with Crippen molar-refractivity contribution in [2.24, 2.45) is 0 Å². The Balaban J connectivity index is 1.48. The summed E-state index contributed by atoms with van der Waals surface area (Å²) < 4.78 is 0. The van der Waals surface area contributed by atoms with Crippen LogP contribution < -0.4 is 10.6 Å². The lowest BCUT2D eigenvalue weighted by Crippen LogP contribution is -2.30. The van der Waals surface area contributed by atoms with E-state index in [0.29, 0.717) is 34.5 Å². The Morgan fingerprint density at radius 2 is 1.69 bits per heavy atom. The monoisotopic (exact) mass is 386 g/mol. The number of carbonyl (C=O) groups excluding carboxylic acids is 1. The van der Waals surface area contributed by atoms with Crippen LogP contribution in [0.2, 0.25) is 10.0 Å².